The third kappa shape index (κ3) is 2.86. The molecule has 4 rings (SSSR count). The minimum absolute atomic E-state index is 0.160. The molecule has 1 saturated heterocycles. The van der Waals surface area contributed by atoms with Crippen molar-refractivity contribution in [3.63, 3.8) is 0 Å². The monoisotopic (exact) mass is 359 g/mol. The SMILES string of the molecule is CC1COCCN1c1cc(N)nc(-n2c(C(F)F)nc3ccccc32)c1. The quantitative estimate of drug-likeness (QED) is 0.778. The number of rotatable bonds is 3. The second-order valence-electron chi connectivity index (χ2n) is 6.32. The van der Waals surface area contributed by atoms with E-state index in [2.05, 4.69) is 14.9 Å². The van der Waals surface area contributed by atoms with Crippen molar-refractivity contribution in [1.82, 2.24) is 14.5 Å². The minimum atomic E-state index is -2.73. The Bertz CT molecular complexity index is 942. The van der Waals surface area contributed by atoms with Crippen LogP contribution in [0.1, 0.15) is 19.2 Å². The normalized spacial score (nSPS) is 18.0. The van der Waals surface area contributed by atoms with Gasteiger partial charge in [0.2, 0.25) is 0 Å². The number of benzene rings is 1. The molecular weight excluding hydrogens is 340 g/mol. The maximum Gasteiger partial charge on any atom is 0.296 e. The summed E-state index contributed by atoms with van der Waals surface area (Å²) in [5.41, 5.74) is 7.90. The Morgan fingerprint density at radius 2 is 2.04 bits per heavy atom. The molecule has 3 heterocycles. The summed E-state index contributed by atoms with van der Waals surface area (Å²) >= 11 is 0. The molecule has 136 valence electrons. The lowest BCUT2D eigenvalue weighted by Gasteiger charge is -2.35. The molecular formula is C18H19F2N5O. The molecule has 3 aromatic rings. The average Bonchev–Trinajstić information content (AvgIpc) is 3.01. The van der Waals surface area contributed by atoms with Gasteiger partial charge in [0.25, 0.3) is 6.43 Å². The number of nitrogens with two attached hydrogens (primary N) is 1. The van der Waals surface area contributed by atoms with Crippen molar-refractivity contribution in [1.29, 1.82) is 0 Å². The average molecular weight is 359 g/mol. The Labute approximate surface area is 149 Å². The van der Waals surface area contributed by atoms with Crippen LogP contribution >= 0.6 is 0 Å². The van der Waals surface area contributed by atoms with Crippen molar-refractivity contribution in [2.24, 2.45) is 0 Å². The van der Waals surface area contributed by atoms with E-state index in [9.17, 15) is 8.78 Å². The Kier molecular flexibility index (Phi) is 4.20. The number of pyridine rings is 1. The lowest BCUT2D eigenvalue weighted by atomic mass is 10.2. The van der Waals surface area contributed by atoms with E-state index in [0.717, 1.165) is 5.69 Å². The summed E-state index contributed by atoms with van der Waals surface area (Å²) in [4.78, 5) is 10.5. The molecule has 6 nitrogen and oxygen atoms in total. The molecule has 8 heteroatoms. The zero-order valence-electron chi connectivity index (χ0n) is 14.3. The van der Waals surface area contributed by atoms with Gasteiger partial charge in [-0.2, -0.15) is 0 Å². The highest BCUT2D eigenvalue weighted by molar-refractivity contribution is 5.78. The molecule has 26 heavy (non-hydrogen) atoms. The maximum atomic E-state index is 13.6. The summed E-state index contributed by atoms with van der Waals surface area (Å²) < 4.78 is 34.1. The summed E-state index contributed by atoms with van der Waals surface area (Å²) in [5, 5.41) is 0. The highest BCUT2D eigenvalue weighted by Gasteiger charge is 2.24. The van der Waals surface area contributed by atoms with Crippen LogP contribution in [0.25, 0.3) is 16.9 Å². The summed E-state index contributed by atoms with van der Waals surface area (Å²) in [7, 11) is 0. The number of anilines is 2. The fourth-order valence-electron chi connectivity index (χ4n) is 3.35. The summed E-state index contributed by atoms with van der Waals surface area (Å²) in [6, 6.07) is 10.7. The van der Waals surface area contributed by atoms with E-state index < -0.39 is 6.43 Å². The van der Waals surface area contributed by atoms with Gasteiger partial charge in [-0.25, -0.2) is 18.7 Å². The zero-order valence-corrected chi connectivity index (χ0v) is 14.3. The van der Waals surface area contributed by atoms with Crippen molar-refractivity contribution < 1.29 is 13.5 Å². The van der Waals surface area contributed by atoms with Gasteiger partial charge in [-0.15, -0.1) is 0 Å². The standard InChI is InChI=1S/C18H19F2N5O/c1-11-10-26-7-6-24(11)12-8-15(21)23-16(9-12)25-14-5-3-2-4-13(14)22-18(25)17(19)20/h2-5,8-9,11,17H,6-7,10H2,1H3,(H2,21,23). The van der Waals surface area contributed by atoms with E-state index >= 15 is 0 Å². The number of aromatic nitrogens is 3. The van der Waals surface area contributed by atoms with Crippen LogP contribution in [0.15, 0.2) is 36.4 Å². The Morgan fingerprint density at radius 1 is 1.23 bits per heavy atom. The number of ether oxygens (including phenoxy) is 1. The Balaban J connectivity index is 1.88. The van der Waals surface area contributed by atoms with Gasteiger partial charge in [0.1, 0.15) is 11.6 Å². The van der Waals surface area contributed by atoms with Crippen molar-refractivity contribution >= 4 is 22.5 Å². The molecule has 2 N–H and O–H groups in total. The third-order valence-electron chi connectivity index (χ3n) is 4.53. The molecule has 1 atom stereocenters. The second kappa shape index (κ2) is 6.53. The van der Waals surface area contributed by atoms with Crippen LogP contribution in [-0.4, -0.2) is 40.3 Å². The number of hydrogen-bond donors (Lipinski definition) is 1. The predicted molar refractivity (Wildman–Crippen MR) is 95.9 cm³/mol. The lowest BCUT2D eigenvalue weighted by molar-refractivity contribution is 0.0989. The van der Waals surface area contributed by atoms with E-state index in [1.807, 2.05) is 6.92 Å². The number of nitrogen functional groups attached to an aromatic ring is 1. The molecule has 1 unspecified atom stereocenters. The van der Waals surface area contributed by atoms with Gasteiger partial charge in [-0.1, -0.05) is 12.1 Å². The first-order valence-corrected chi connectivity index (χ1v) is 8.42. The van der Waals surface area contributed by atoms with Gasteiger partial charge in [0.15, 0.2) is 5.82 Å². The van der Waals surface area contributed by atoms with E-state index in [0.29, 0.717) is 36.6 Å². The lowest BCUT2D eigenvalue weighted by Crippen LogP contribution is -2.43. The molecule has 0 spiro atoms. The van der Waals surface area contributed by atoms with Gasteiger partial charge in [-0.05, 0) is 19.1 Å². The van der Waals surface area contributed by atoms with Crippen LogP contribution in [0.2, 0.25) is 0 Å². The first kappa shape index (κ1) is 16.7. The van der Waals surface area contributed by atoms with Gasteiger partial charge >= 0.3 is 0 Å². The van der Waals surface area contributed by atoms with E-state index in [1.54, 1.807) is 36.4 Å². The number of imidazole rings is 1. The minimum Gasteiger partial charge on any atom is -0.384 e. The van der Waals surface area contributed by atoms with Crippen LogP contribution < -0.4 is 10.6 Å². The first-order chi connectivity index (χ1) is 12.5. The number of hydrogen-bond acceptors (Lipinski definition) is 5. The first-order valence-electron chi connectivity index (χ1n) is 8.42. The molecule has 0 bridgehead atoms. The van der Waals surface area contributed by atoms with Crippen molar-refractivity contribution in [3.8, 4) is 5.82 Å². The second-order valence-corrected chi connectivity index (χ2v) is 6.32. The number of morpholine rings is 1. The highest BCUT2D eigenvalue weighted by atomic mass is 19.3. The molecule has 2 aromatic heterocycles. The topological polar surface area (TPSA) is 69.2 Å². The van der Waals surface area contributed by atoms with Crippen molar-refractivity contribution in [2.45, 2.75) is 19.4 Å². The Morgan fingerprint density at radius 3 is 2.81 bits per heavy atom. The molecule has 0 radical (unpaired) electrons. The fourth-order valence-corrected chi connectivity index (χ4v) is 3.35. The van der Waals surface area contributed by atoms with Crippen molar-refractivity contribution in [3.05, 3.63) is 42.2 Å². The third-order valence-corrected chi connectivity index (χ3v) is 4.53. The zero-order chi connectivity index (χ0) is 18.3. The Hall–Kier alpha value is -2.74. The predicted octanol–water partition coefficient (Wildman–Crippen LogP) is 3.17. The number of alkyl halides is 2. The number of fused-ring (bicyclic) bond motifs is 1. The van der Waals surface area contributed by atoms with Crippen molar-refractivity contribution in [2.75, 3.05) is 30.4 Å². The molecule has 1 aliphatic rings. The number of nitrogens with zero attached hydrogens (tertiary/aromatic N) is 4. The van der Waals surface area contributed by atoms with Crippen LogP contribution in [-0.2, 0) is 4.74 Å². The van der Waals surface area contributed by atoms with E-state index in [1.165, 1.54) is 4.57 Å². The van der Waals surface area contributed by atoms with Gasteiger partial charge in [0, 0.05) is 30.4 Å². The summed E-state index contributed by atoms with van der Waals surface area (Å²) in [5.74, 6) is 0.266. The molecule has 1 aromatic carbocycles. The van der Waals surface area contributed by atoms with Crippen LogP contribution in [0.5, 0.6) is 0 Å². The molecule has 0 amide bonds. The van der Waals surface area contributed by atoms with Gasteiger partial charge in [-0.3, -0.25) is 4.57 Å². The van der Waals surface area contributed by atoms with E-state index in [-0.39, 0.29) is 17.7 Å². The van der Waals surface area contributed by atoms with Crippen LogP contribution in [0.3, 0.4) is 0 Å². The molecule has 0 saturated carbocycles. The van der Waals surface area contributed by atoms with E-state index in [4.69, 9.17) is 10.5 Å². The molecule has 0 aliphatic carbocycles. The van der Waals surface area contributed by atoms with Gasteiger partial charge in [0.05, 0.1) is 24.2 Å². The van der Waals surface area contributed by atoms with Crippen LogP contribution in [0, 0.1) is 0 Å². The van der Waals surface area contributed by atoms with Gasteiger partial charge < -0.3 is 15.4 Å². The summed E-state index contributed by atoms with van der Waals surface area (Å²) in [6.07, 6.45) is -2.73. The molecule has 1 aliphatic heterocycles. The smallest absolute Gasteiger partial charge is 0.296 e. The summed E-state index contributed by atoms with van der Waals surface area (Å²) in [6.45, 7) is 3.97. The number of para-hydroxylation sites is 2. The molecule has 1 fully saturated rings. The fraction of sp³-hybridized carbons (Fsp3) is 0.333. The number of halogens is 2. The largest absolute Gasteiger partial charge is 0.384 e. The van der Waals surface area contributed by atoms with Crippen LogP contribution in [0.4, 0.5) is 20.3 Å². The maximum absolute atomic E-state index is 13.6. The highest BCUT2D eigenvalue weighted by Crippen LogP contribution is 2.30.